The number of hydrogen-bond donors (Lipinski definition) is 6. The number of aromatic nitrogens is 2. The van der Waals surface area contributed by atoms with Crippen LogP contribution >= 0.6 is 0 Å². The second-order valence-corrected chi connectivity index (χ2v) is 15.5. The Hall–Kier alpha value is -4.86. The third-order valence-corrected chi connectivity index (χ3v) is 11.1. The van der Waals surface area contributed by atoms with E-state index in [4.69, 9.17) is 9.39 Å². The number of phenols is 1. The van der Waals surface area contributed by atoms with Crippen LogP contribution in [-0.2, 0) is 36.6 Å². The third kappa shape index (κ3) is 8.91. The number of phenolic OH excluding ortho intramolecular Hbond substituents is 1. The Morgan fingerprint density at radius 3 is 2.06 bits per heavy atom. The Bertz CT molecular complexity index is 1780. The Morgan fingerprint density at radius 2 is 1.48 bits per heavy atom. The maximum atomic E-state index is 14.3. The molecule has 6 atom stereocenters. The van der Waals surface area contributed by atoms with E-state index in [1.165, 1.54) is 30.7 Å². The number of esters is 1. The lowest BCUT2D eigenvalue weighted by Gasteiger charge is -2.70. The van der Waals surface area contributed by atoms with Crippen LogP contribution in [0.25, 0.3) is 0 Å². The average Bonchev–Trinajstić information content (AvgIpc) is 3.12. The van der Waals surface area contributed by atoms with Crippen molar-refractivity contribution in [3.05, 3.63) is 90.0 Å². The van der Waals surface area contributed by atoms with Gasteiger partial charge in [-0.3, -0.25) is 19.4 Å². The molecule has 0 spiro atoms. The zero-order chi connectivity index (χ0) is 39.3. The van der Waals surface area contributed by atoms with Crippen LogP contribution in [0.1, 0.15) is 81.9 Å². The third-order valence-electron chi connectivity index (χ3n) is 11.1. The van der Waals surface area contributed by atoms with E-state index in [-0.39, 0.29) is 42.5 Å². The molecule has 3 saturated carbocycles. The minimum Gasteiger partial charge on any atom is -0.508 e. The fourth-order valence-electron chi connectivity index (χ4n) is 8.00. The first kappa shape index (κ1) is 40.3. The standard InChI is InChI=1S/C39H50BN5O9/c1-24(2)19-31(36(50)53-39-22-27(37(39,3)4)15-16-38(39,5)54-40(51)52)45-34(48)30(21-26-11-13-28(46)14-12-26)43-33(47)29(20-25-9-7-6-8-10-25)44-35(49)32-23-41-17-18-42-32/h6-14,17-18,23-24,27,29-31,46,51-52H,15-16,19-22H2,1-5H3,(H,43,47)(H,44,49)(H,45,48)/t27?,29-,30-,31-,38?,39?/m0/s1. The van der Waals surface area contributed by atoms with Gasteiger partial charge in [-0.1, -0.05) is 70.2 Å². The second-order valence-electron chi connectivity index (χ2n) is 15.5. The molecule has 0 saturated heterocycles. The highest BCUT2D eigenvalue weighted by Gasteiger charge is 2.74. The first-order chi connectivity index (χ1) is 25.5. The zero-order valence-corrected chi connectivity index (χ0v) is 31.3. The summed E-state index contributed by atoms with van der Waals surface area (Å²) in [6, 6.07) is 11.7. The summed E-state index contributed by atoms with van der Waals surface area (Å²) < 4.78 is 12.0. The van der Waals surface area contributed by atoms with Crippen molar-refractivity contribution >= 4 is 31.0 Å². The SMILES string of the molecule is CC(C)C[C@H](NC(=O)[C@H](Cc1ccc(O)cc1)NC(=O)[C@H](Cc1ccccc1)NC(=O)c1cnccn1)C(=O)OC12CC(CCC1(C)OB(O)O)C2(C)C. The zero-order valence-electron chi connectivity index (χ0n) is 31.3. The number of fused-ring (bicyclic) bond motifs is 2. The highest BCUT2D eigenvalue weighted by molar-refractivity contribution is 6.32. The smallest absolute Gasteiger partial charge is 0.508 e. The van der Waals surface area contributed by atoms with Crippen LogP contribution in [0.3, 0.4) is 0 Å². The van der Waals surface area contributed by atoms with Crippen molar-refractivity contribution in [1.82, 2.24) is 25.9 Å². The molecule has 6 rings (SSSR count). The number of amides is 3. The minimum atomic E-state index is -2.08. The van der Waals surface area contributed by atoms with Gasteiger partial charge in [-0.25, -0.2) is 9.78 Å². The maximum absolute atomic E-state index is 14.3. The molecule has 3 aliphatic rings. The fraction of sp³-hybridized carbons (Fsp3) is 0.487. The van der Waals surface area contributed by atoms with Gasteiger partial charge in [0.25, 0.3) is 5.91 Å². The summed E-state index contributed by atoms with van der Waals surface area (Å²) in [5, 5.41) is 37.9. The fourth-order valence-corrected chi connectivity index (χ4v) is 8.00. The van der Waals surface area contributed by atoms with Crippen LogP contribution in [0.15, 0.2) is 73.2 Å². The molecule has 3 aromatic rings. The number of nitrogens with one attached hydrogen (secondary N) is 3. The summed E-state index contributed by atoms with van der Waals surface area (Å²) in [6.45, 7) is 9.44. The topological polar surface area (TPSA) is 209 Å². The van der Waals surface area contributed by atoms with Crippen LogP contribution < -0.4 is 16.0 Å². The van der Waals surface area contributed by atoms with Gasteiger partial charge in [0.2, 0.25) is 11.8 Å². The van der Waals surface area contributed by atoms with E-state index < -0.39 is 65.8 Å². The van der Waals surface area contributed by atoms with Crippen LogP contribution in [0.2, 0.25) is 0 Å². The number of hydrogen-bond acceptors (Lipinski definition) is 11. The summed E-state index contributed by atoms with van der Waals surface area (Å²) in [7, 11) is -2.08. The quantitative estimate of drug-likeness (QED) is 0.0929. The predicted octanol–water partition coefficient (Wildman–Crippen LogP) is 2.65. The van der Waals surface area contributed by atoms with Crippen molar-refractivity contribution in [2.75, 3.05) is 0 Å². The molecule has 3 amide bonds. The number of carbonyl (C=O) groups is 4. The van der Waals surface area contributed by atoms with Gasteiger partial charge in [0.15, 0.2) is 0 Å². The van der Waals surface area contributed by atoms with Crippen LogP contribution in [0.5, 0.6) is 5.75 Å². The van der Waals surface area contributed by atoms with Gasteiger partial charge in [-0.15, -0.1) is 0 Å². The van der Waals surface area contributed by atoms with Crippen molar-refractivity contribution in [3.8, 4) is 5.75 Å². The van der Waals surface area contributed by atoms with Gasteiger partial charge in [0.1, 0.15) is 35.2 Å². The van der Waals surface area contributed by atoms with Crippen LogP contribution in [0, 0.1) is 17.3 Å². The Kier molecular flexibility index (Phi) is 12.4. The molecule has 3 unspecified atom stereocenters. The molecule has 3 fully saturated rings. The van der Waals surface area contributed by atoms with Gasteiger partial charge in [0, 0.05) is 30.7 Å². The number of ether oxygens (including phenoxy) is 1. The van der Waals surface area contributed by atoms with E-state index in [0.29, 0.717) is 18.4 Å². The summed E-state index contributed by atoms with van der Waals surface area (Å²) >= 11 is 0. The minimum absolute atomic E-state index is 0.00479. The van der Waals surface area contributed by atoms with E-state index >= 15 is 0 Å². The summed E-state index contributed by atoms with van der Waals surface area (Å²) in [5.41, 5.74) is -1.60. The van der Waals surface area contributed by atoms with Gasteiger partial charge >= 0.3 is 13.3 Å². The number of carbonyl (C=O) groups excluding carboxylic acids is 4. The molecule has 1 heterocycles. The Balaban J connectivity index is 1.41. The van der Waals surface area contributed by atoms with E-state index in [2.05, 4.69) is 25.9 Å². The van der Waals surface area contributed by atoms with E-state index in [0.717, 1.165) is 12.0 Å². The molecule has 288 valence electrons. The molecular formula is C39H50BN5O9. The molecule has 54 heavy (non-hydrogen) atoms. The van der Waals surface area contributed by atoms with Crippen molar-refractivity contribution in [1.29, 1.82) is 0 Å². The molecule has 2 bridgehead atoms. The molecule has 0 aliphatic heterocycles. The van der Waals surface area contributed by atoms with Gasteiger partial charge in [-0.2, -0.15) is 0 Å². The van der Waals surface area contributed by atoms with Crippen molar-refractivity contribution in [2.24, 2.45) is 17.3 Å². The van der Waals surface area contributed by atoms with Crippen LogP contribution in [-0.4, -0.2) is 85.5 Å². The molecular weight excluding hydrogens is 693 g/mol. The molecule has 6 N–H and O–H groups in total. The first-order valence-corrected chi connectivity index (χ1v) is 18.3. The highest BCUT2D eigenvalue weighted by Crippen LogP contribution is 2.68. The van der Waals surface area contributed by atoms with E-state index in [9.17, 15) is 34.3 Å². The van der Waals surface area contributed by atoms with Gasteiger partial charge in [0.05, 0.1) is 11.8 Å². The van der Waals surface area contributed by atoms with Crippen molar-refractivity contribution in [2.45, 2.75) is 102 Å². The van der Waals surface area contributed by atoms with Crippen molar-refractivity contribution < 1.29 is 43.7 Å². The molecule has 2 aromatic carbocycles. The number of aromatic hydroxyl groups is 1. The number of benzene rings is 2. The lowest BCUT2D eigenvalue weighted by molar-refractivity contribution is -0.317. The molecule has 3 aliphatic carbocycles. The summed E-state index contributed by atoms with van der Waals surface area (Å²) in [5.74, 6) is -2.49. The molecule has 1 aromatic heterocycles. The van der Waals surface area contributed by atoms with E-state index in [1.54, 1.807) is 19.1 Å². The number of rotatable bonds is 16. The molecule has 15 heteroatoms. The van der Waals surface area contributed by atoms with Gasteiger partial charge in [-0.05, 0) is 67.7 Å². The summed E-state index contributed by atoms with van der Waals surface area (Å²) in [6.07, 6.45) is 5.99. The summed E-state index contributed by atoms with van der Waals surface area (Å²) in [4.78, 5) is 63.7. The lowest BCUT2D eigenvalue weighted by Crippen LogP contribution is -2.78. The first-order valence-electron chi connectivity index (χ1n) is 18.3. The second kappa shape index (κ2) is 16.7. The van der Waals surface area contributed by atoms with Crippen molar-refractivity contribution in [3.63, 3.8) is 0 Å². The Labute approximate surface area is 315 Å². The predicted molar refractivity (Wildman–Crippen MR) is 198 cm³/mol. The highest BCUT2D eigenvalue weighted by atomic mass is 16.7. The average molecular weight is 744 g/mol. The van der Waals surface area contributed by atoms with Crippen LogP contribution in [0.4, 0.5) is 0 Å². The molecule has 14 nitrogen and oxygen atoms in total. The Morgan fingerprint density at radius 1 is 0.870 bits per heavy atom. The van der Waals surface area contributed by atoms with Gasteiger partial charge < -0.3 is 40.5 Å². The largest absolute Gasteiger partial charge is 0.634 e. The normalized spacial score (nSPS) is 22.9. The number of nitrogens with zero attached hydrogens (tertiary/aromatic N) is 2. The lowest BCUT2D eigenvalue weighted by atomic mass is 9.41. The monoisotopic (exact) mass is 743 g/mol. The van der Waals surface area contributed by atoms with E-state index in [1.807, 2.05) is 58.0 Å². The maximum Gasteiger partial charge on any atom is 0.634 e. The molecule has 0 radical (unpaired) electrons.